The molecular weight excluding hydrogens is 558 g/mol. The number of hydrogen-bond donors (Lipinski definition) is 3. The summed E-state index contributed by atoms with van der Waals surface area (Å²) in [7, 11) is 0. The molecule has 0 aliphatic carbocycles. The van der Waals surface area contributed by atoms with E-state index in [1.165, 1.54) is 0 Å². The Hall–Kier alpha value is -3.49. The zero-order chi connectivity index (χ0) is 23.7. The molecule has 0 bridgehead atoms. The number of fused-ring (bicyclic) bond motifs is 2. The summed E-state index contributed by atoms with van der Waals surface area (Å²) in [6.45, 7) is 1.81. The van der Waals surface area contributed by atoms with Crippen molar-refractivity contribution in [3.8, 4) is 5.75 Å². The molecule has 3 N–H and O–H groups in total. The van der Waals surface area contributed by atoms with E-state index in [-0.39, 0.29) is 5.75 Å². The second kappa shape index (κ2) is 9.40. The number of aliphatic imine (C=N–C) groups is 1. The first-order valence-corrected chi connectivity index (χ1v) is 12.0. The molecule has 0 spiro atoms. The first-order valence-electron chi connectivity index (χ1n) is 10.5. The summed E-state index contributed by atoms with van der Waals surface area (Å²) < 4.78 is 2.00. The minimum atomic E-state index is 0.127. The van der Waals surface area contributed by atoms with Gasteiger partial charge in [-0.2, -0.15) is 10.2 Å². The number of H-pyrrole nitrogens is 2. The lowest BCUT2D eigenvalue weighted by atomic mass is 10.1. The predicted molar refractivity (Wildman–Crippen MR) is 147 cm³/mol. The Morgan fingerprint density at radius 3 is 2.09 bits per heavy atom. The van der Waals surface area contributed by atoms with Gasteiger partial charge in [0.15, 0.2) is 0 Å². The fourth-order valence-electron chi connectivity index (χ4n) is 3.71. The molecule has 6 nitrogen and oxygen atoms in total. The van der Waals surface area contributed by atoms with Crippen LogP contribution < -0.4 is 0 Å². The number of nitrogens with zero attached hydrogens (tertiary/aromatic N) is 3. The molecule has 2 aromatic heterocycles. The van der Waals surface area contributed by atoms with Crippen molar-refractivity contribution in [2.45, 2.75) is 6.92 Å². The monoisotopic (exact) mass is 575 g/mol. The molecule has 0 aliphatic rings. The molecule has 0 aliphatic heterocycles. The summed E-state index contributed by atoms with van der Waals surface area (Å²) in [5.41, 5.74) is 5.85. The Kier molecular flexibility index (Phi) is 6.17. The average molecular weight is 577 g/mol. The Bertz CT molecular complexity index is 1610. The van der Waals surface area contributed by atoms with Gasteiger partial charge in [0, 0.05) is 66.0 Å². The van der Waals surface area contributed by atoms with E-state index >= 15 is 0 Å². The number of halogens is 2. The zero-order valence-electron chi connectivity index (χ0n) is 18.1. The van der Waals surface area contributed by atoms with Crippen LogP contribution in [0.3, 0.4) is 0 Å². The van der Waals surface area contributed by atoms with Gasteiger partial charge >= 0.3 is 0 Å². The molecule has 0 fully saturated rings. The fraction of sp³-hybridized carbons (Fsp3) is 0.0385. The Labute approximate surface area is 212 Å². The van der Waals surface area contributed by atoms with Crippen molar-refractivity contribution in [1.29, 1.82) is 0 Å². The number of phenols is 1. The molecule has 3 aromatic carbocycles. The van der Waals surface area contributed by atoms with Crippen molar-refractivity contribution < 1.29 is 5.11 Å². The molecule has 8 heteroatoms. The van der Waals surface area contributed by atoms with E-state index in [0.717, 1.165) is 41.9 Å². The highest BCUT2D eigenvalue weighted by Gasteiger charge is 2.07. The normalized spacial score (nSPS) is 12.6. The van der Waals surface area contributed by atoms with Crippen molar-refractivity contribution in [3.05, 3.63) is 92.6 Å². The summed E-state index contributed by atoms with van der Waals surface area (Å²) in [4.78, 5) is 11.1. The van der Waals surface area contributed by atoms with Gasteiger partial charge in [-0.15, -0.1) is 0 Å². The highest BCUT2D eigenvalue weighted by Crippen LogP contribution is 2.26. The number of phenolic OH excluding ortho intramolecular Hbond substituents is 1. The van der Waals surface area contributed by atoms with Gasteiger partial charge in [-0.1, -0.05) is 31.9 Å². The van der Waals surface area contributed by atoms with Crippen molar-refractivity contribution in [2.75, 3.05) is 0 Å². The van der Waals surface area contributed by atoms with Gasteiger partial charge in [0.05, 0.1) is 17.6 Å². The van der Waals surface area contributed by atoms with Crippen molar-refractivity contribution in [2.24, 2.45) is 15.2 Å². The second-order valence-corrected chi connectivity index (χ2v) is 9.59. The third kappa shape index (κ3) is 4.60. The fourth-order valence-corrected chi connectivity index (χ4v) is 4.43. The van der Waals surface area contributed by atoms with Gasteiger partial charge in [0.1, 0.15) is 5.75 Å². The van der Waals surface area contributed by atoms with Crippen LogP contribution in [-0.2, 0) is 0 Å². The van der Waals surface area contributed by atoms with Crippen molar-refractivity contribution >= 4 is 77.5 Å². The summed E-state index contributed by atoms with van der Waals surface area (Å²) in [6.07, 6.45) is 7.32. The second-order valence-electron chi connectivity index (χ2n) is 7.76. The van der Waals surface area contributed by atoms with E-state index in [0.29, 0.717) is 17.0 Å². The SMILES string of the molecule is C/C(=N\N=C\c1c[nH]c2ccc(Br)cc12)c1cc(N=Cc2c[nH]c3ccc(Br)cc23)ccc1O. The lowest BCUT2D eigenvalue weighted by Crippen LogP contribution is -1.94. The van der Waals surface area contributed by atoms with E-state index in [1.54, 1.807) is 30.6 Å². The standard InChI is InChI=1S/C26H19Br2N5O/c1-15(33-32-14-17-13-31-25-6-3-19(28)9-23(17)25)21-10-20(4-7-26(21)34)29-11-16-12-30-24-5-2-18(27)8-22(16)24/h2-14,30-31,34H,1H3/b29-11?,32-14+,33-15+. The number of nitrogens with one attached hydrogen (secondary N) is 2. The number of aromatic hydroxyl groups is 1. The van der Waals surface area contributed by atoms with Crippen LogP contribution in [0.15, 0.2) is 91.1 Å². The van der Waals surface area contributed by atoms with E-state index in [1.807, 2.05) is 49.6 Å². The molecule has 168 valence electrons. The van der Waals surface area contributed by atoms with Crippen LogP contribution in [0.25, 0.3) is 21.8 Å². The van der Waals surface area contributed by atoms with E-state index in [2.05, 4.69) is 63.1 Å². The molecular formula is C26H19Br2N5O. The van der Waals surface area contributed by atoms with Crippen LogP contribution in [0.2, 0.25) is 0 Å². The van der Waals surface area contributed by atoms with Crippen LogP contribution in [0, 0.1) is 0 Å². The van der Waals surface area contributed by atoms with Crippen LogP contribution >= 0.6 is 31.9 Å². The summed E-state index contributed by atoms with van der Waals surface area (Å²) in [5, 5.41) is 21.0. The van der Waals surface area contributed by atoms with Crippen LogP contribution in [-0.4, -0.2) is 33.2 Å². The molecule has 5 rings (SSSR count). The quantitative estimate of drug-likeness (QED) is 0.147. The number of benzene rings is 3. The van der Waals surface area contributed by atoms with Gasteiger partial charge in [-0.05, 0) is 61.5 Å². The summed E-state index contributed by atoms with van der Waals surface area (Å²) in [5.74, 6) is 0.127. The number of hydrogen-bond acceptors (Lipinski definition) is 4. The number of aromatic nitrogens is 2. The third-order valence-corrected chi connectivity index (χ3v) is 6.47. The number of rotatable bonds is 5. The van der Waals surface area contributed by atoms with Gasteiger partial charge in [0.25, 0.3) is 0 Å². The van der Waals surface area contributed by atoms with Gasteiger partial charge in [-0.25, -0.2) is 0 Å². The lowest BCUT2D eigenvalue weighted by Gasteiger charge is -2.04. The largest absolute Gasteiger partial charge is 0.507 e. The van der Waals surface area contributed by atoms with Crippen LogP contribution in [0.4, 0.5) is 5.69 Å². The van der Waals surface area contributed by atoms with Crippen LogP contribution in [0.1, 0.15) is 23.6 Å². The van der Waals surface area contributed by atoms with Crippen molar-refractivity contribution in [3.63, 3.8) is 0 Å². The average Bonchev–Trinajstić information content (AvgIpc) is 3.41. The van der Waals surface area contributed by atoms with Crippen molar-refractivity contribution in [1.82, 2.24) is 9.97 Å². The molecule has 5 aromatic rings. The van der Waals surface area contributed by atoms with Gasteiger partial charge < -0.3 is 15.1 Å². The minimum Gasteiger partial charge on any atom is -0.507 e. The molecule has 34 heavy (non-hydrogen) atoms. The Balaban J connectivity index is 1.39. The maximum Gasteiger partial charge on any atom is 0.124 e. The maximum absolute atomic E-state index is 10.4. The highest BCUT2D eigenvalue weighted by atomic mass is 79.9. The molecule has 0 saturated carbocycles. The molecule has 0 radical (unpaired) electrons. The zero-order valence-corrected chi connectivity index (χ0v) is 21.2. The third-order valence-electron chi connectivity index (χ3n) is 5.48. The molecule has 0 amide bonds. The van der Waals surface area contributed by atoms with Gasteiger partial charge in [-0.3, -0.25) is 4.99 Å². The molecule has 2 heterocycles. The smallest absolute Gasteiger partial charge is 0.124 e. The predicted octanol–water partition coefficient (Wildman–Crippen LogP) is 7.47. The Morgan fingerprint density at radius 2 is 1.44 bits per heavy atom. The maximum atomic E-state index is 10.4. The summed E-state index contributed by atoms with van der Waals surface area (Å²) in [6, 6.07) is 17.3. The number of aromatic amines is 2. The van der Waals surface area contributed by atoms with E-state index < -0.39 is 0 Å². The Morgan fingerprint density at radius 1 is 0.824 bits per heavy atom. The van der Waals surface area contributed by atoms with Gasteiger partial charge in [0.2, 0.25) is 0 Å². The molecule has 0 atom stereocenters. The van der Waals surface area contributed by atoms with E-state index in [4.69, 9.17) is 0 Å². The molecule has 0 saturated heterocycles. The molecule has 0 unspecified atom stereocenters. The van der Waals surface area contributed by atoms with Crippen LogP contribution in [0.5, 0.6) is 5.75 Å². The first kappa shape index (κ1) is 22.3. The first-order chi connectivity index (χ1) is 16.5. The lowest BCUT2D eigenvalue weighted by molar-refractivity contribution is 0.474. The topological polar surface area (TPSA) is 88.9 Å². The van der Waals surface area contributed by atoms with E-state index in [9.17, 15) is 5.11 Å². The minimum absolute atomic E-state index is 0.127. The summed E-state index contributed by atoms with van der Waals surface area (Å²) >= 11 is 7.01. The highest BCUT2D eigenvalue weighted by molar-refractivity contribution is 9.10.